The van der Waals surface area contributed by atoms with Gasteiger partial charge in [-0.2, -0.15) is 0 Å². The third-order valence-electron chi connectivity index (χ3n) is 3.47. The van der Waals surface area contributed by atoms with Crippen molar-refractivity contribution in [3.8, 4) is 0 Å². The lowest BCUT2D eigenvalue weighted by Crippen LogP contribution is -2.45. The molecule has 1 N–H and O–H groups in total. The molecule has 0 radical (unpaired) electrons. The lowest BCUT2D eigenvalue weighted by atomic mass is 10.0. The Hall–Kier alpha value is -2.76. The van der Waals surface area contributed by atoms with Crippen molar-refractivity contribution in [1.82, 2.24) is 14.9 Å². The predicted molar refractivity (Wildman–Crippen MR) is 84.0 cm³/mol. The number of piperidine rings is 1. The summed E-state index contributed by atoms with van der Waals surface area (Å²) < 4.78 is 1.32. The van der Waals surface area contributed by atoms with Crippen LogP contribution in [0.1, 0.15) is 36.0 Å². The molecular formula is C16H17N3O3. The zero-order valence-corrected chi connectivity index (χ0v) is 12.3. The van der Waals surface area contributed by atoms with E-state index < -0.39 is 11.9 Å². The van der Waals surface area contributed by atoms with Crippen LogP contribution in [0.25, 0.3) is 12.2 Å². The first-order chi connectivity index (χ1) is 10.5. The smallest absolute Gasteiger partial charge is 0.262 e. The summed E-state index contributed by atoms with van der Waals surface area (Å²) in [5.74, 6) is -0.393. The fourth-order valence-electron chi connectivity index (χ4n) is 2.45. The Balaban J connectivity index is 2.58. The zero-order valence-electron chi connectivity index (χ0n) is 12.3. The molecule has 1 aromatic heterocycles. The lowest BCUT2D eigenvalue weighted by Gasteiger charge is -2.24. The molecule has 2 amide bonds. The molecule has 22 heavy (non-hydrogen) atoms. The minimum atomic E-state index is -0.728. The number of aryl methyl sites for hydroxylation is 1. The molecule has 114 valence electrons. The van der Waals surface area contributed by atoms with Gasteiger partial charge in [0.2, 0.25) is 11.8 Å². The number of nitrogens with one attached hydrogen (secondary N) is 1. The average molecular weight is 299 g/mol. The summed E-state index contributed by atoms with van der Waals surface area (Å²) in [7, 11) is 0. The summed E-state index contributed by atoms with van der Waals surface area (Å²) in [4.78, 5) is 40.3. The van der Waals surface area contributed by atoms with E-state index in [4.69, 9.17) is 0 Å². The van der Waals surface area contributed by atoms with Crippen LogP contribution in [0.2, 0.25) is 0 Å². The second-order valence-electron chi connectivity index (χ2n) is 4.90. The Bertz CT molecular complexity index is 744. The minimum Gasteiger partial charge on any atom is -0.295 e. The highest BCUT2D eigenvalue weighted by Gasteiger charge is 2.30. The van der Waals surface area contributed by atoms with E-state index in [1.165, 1.54) is 10.6 Å². The van der Waals surface area contributed by atoms with Gasteiger partial charge < -0.3 is 0 Å². The molecule has 0 saturated carbocycles. The quantitative estimate of drug-likeness (QED) is 0.672. The van der Waals surface area contributed by atoms with E-state index in [0.717, 1.165) is 0 Å². The number of hydrogen-bond donors (Lipinski definition) is 1. The number of rotatable bonds is 4. The Morgan fingerprint density at radius 1 is 1.32 bits per heavy atom. The zero-order chi connectivity index (χ0) is 16.3. The number of allylic oxidation sites excluding steroid dienone is 2. The SMILES string of the molecule is C=C/C=C\c1nc(C)n(C2CCC(=O)NC2=O)c(=O)c1C=C. The van der Waals surface area contributed by atoms with Crippen LogP contribution in [0.15, 0.2) is 30.1 Å². The molecule has 1 aromatic rings. The van der Waals surface area contributed by atoms with Crippen molar-refractivity contribution in [2.75, 3.05) is 0 Å². The van der Waals surface area contributed by atoms with E-state index in [9.17, 15) is 14.4 Å². The number of amides is 2. The molecule has 6 nitrogen and oxygen atoms in total. The molecule has 1 atom stereocenters. The Morgan fingerprint density at radius 3 is 2.64 bits per heavy atom. The van der Waals surface area contributed by atoms with Gasteiger partial charge in [-0.3, -0.25) is 24.3 Å². The molecule has 0 aromatic carbocycles. The van der Waals surface area contributed by atoms with Crippen molar-refractivity contribution < 1.29 is 9.59 Å². The maximum absolute atomic E-state index is 12.7. The highest BCUT2D eigenvalue weighted by molar-refractivity contribution is 5.99. The number of aromatic nitrogens is 2. The van der Waals surface area contributed by atoms with Crippen LogP contribution < -0.4 is 10.9 Å². The second-order valence-corrected chi connectivity index (χ2v) is 4.90. The summed E-state index contributed by atoms with van der Waals surface area (Å²) >= 11 is 0. The summed E-state index contributed by atoms with van der Waals surface area (Å²) in [6.07, 6.45) is 6.81. The van der Waals surface area contributed by atoms with Gasteiger partial charge >= 0.3 is 0 Å². The molecule has 1 unspecified atom stereocenters. The van der Waals surface area contributed by atoms with Gasteiger partial charge in [0.1, 0.15) is 11.9 Å². The Labute approximate surface area is 127 Å². The molecule has 1 aliphatic heterocycles. The Morgan fingerprint density at radius 2 is 2.05 bits per heavy atom. The average Bonchev–Trinajstić information content (AvgIpc) is 2.47. The highest BCUT2D eigenvalue weighted by Crippen LogP contribution is 2.19. The minimum absolute atomic E-state index is 0.198. The van der Waals surface area contributed by atoms with Gasteiger partial charge in [-0.25, -0.2) is 4.98 Å². The first-order valence-electron chi connectivity index (χ1n) is 6.88. The molecule has 0 aliphatic carbocycles. The molecule has 2 rings (SSSR count). The summed E-state index contributed by atoms with van der Waals surface area (Å²) in [5.41, 5.74) is 0.440. The number of carbonyl (C=O) groups is 2. The fraction of sp³-hybridized carbons (Fsp3) is 0.250. The van der Waals surface area contributed by atoms with Crippen LogP contribution in [-0.4, -0.2) is 21.4 Å². The van der Waals surface area contributed by atoms with E-state index in [-0.39, 0.29) is 24.3 Å². The molecular weight excluding hydrogens is 282 g/mol. The maximum atomic E-state index is 12.7. The van der Waals surface area contributed by atoms with Crippen molar-refractivity contribution in [2.24, 2.45) is 0 Å². The summed E-state index contributed by atoms with van der Waals surface area (Å²) in [5, 5.41) is 2.25. The van der Waals surface area contributed by atoms with Crippen LogP contribution in [0.4, 0.5) is 0 Å². The van der Waals surface area contributed by atoms with Gasteiger partial charge in [-0.15, -0.1) is 0 Å². The van der Waals surface area contributed by atoms with Crippen LogP contribution in [-0.2, 0) is 9.59 Å². The molecule has 0 bridgehead atoms. The number of carbonyl (C=O) groups excluding carboxylic acids is 2. The van der Waals surface area contributed by atoms with E-state index in [1.54, 1.807) is 25.2 Å². The lowest BCUT2D eigenvalue weighted by molar-refractivity contribution is -0.135. The van der Waals surface area contributed by atoms with Crippen LogP contribution >= 0.6 is 0 Å². The van der Waals surface area contributed by atoms with Gasteiger partial charge in [-0.1, -0.05) is 31.4 Å². The third-order valence-corrected chi connectivity index (χ3v) is 3.47. The van der Waals surface area contributed by atoms with Crippen LogP contribution in [0.3, 0.4) is 0 Å². The third kappa shape index (κ3) is 2.81. The number of nitrogens with zero attached hydrogens (tertiary/aromatic N) is 2. The van der Waals surface area contributed by atoms with E-state index in [2.05, 4.69) is 23.5 Å². The number of hydrogen-bond acceptors (Lipinski definition) is 4. The van der Waals surface area contributed by atoms with Crippen molar-refractivity contribution in [2.45, 2.75) is 25.8 Å². The number of imide groups is 1. The van der Waals surface area contributed by atoms with Gasteiger partial charge in [0.05, 0.1) is 11.3 Å². The first-order valence-corrected chi connectivity index (χ1v) is 6.88. The predicted octanol–water partition coefficient (Wildman–Crippen LogP) is 1.37. The fourth-order valence-corrected chi connectivity index (χ4v) is 2.45. The normalized spacial score (nSPS) is 18.3. The van der Waals surface area contributed by atoms with Crippen molar-refractivity contribution in [3.05, 3.63) is 52.7 Å². The second kappa shape index (κ2) is 6.34. The van der Waals surface area contributed by atoms with E-state index >= 15 is 0 Å². The van der Waals surface area contributed by atoms with Gasteiger partial charge in [-0.05, 0) is 19.4 Å². The van der Waals surface area contributed by atoms with Crippen molar-refractivity contribution in [1.29, 1.82) is 0 Å². The first kappa shape index (κ1) is 15.6. The summed E-state index contributed by atoms with van der Waals surface area (Å²) in [6.45, 7) is 8.87. The molecule has 2 heterocycles. The van der Waals surface area contributed by atoms with Crippen molar-refractivity contribution >= 4 is 24.0 Å². The standard InChI is InChI=1S/C16H17N3O3/c1-4-6-7-12-11(5-2)16(22)19(10(3)17-12)13-8-9-14(20)18-15(13)21/h4-7,13H,1-2,8-9H2,3H3,(H,18,20,21)/b7-6-. The molecule has 1 saturated heterocycles. The molecule has 0 spiro atoms. The van der Waals surface area contributed by atoms with Gasteiger partial charge in [0.25, 0.3) is 5.56 Å². The van der Waals surface area contributed by atoms with Crippen molar-refractivity contribution in [3.63, 3.8) is 0 Å². The largest absolute Gasteiger partial charge is 0.295 e. The molecule has 6 heteroatoms. The van der Waals surface area contributed by atoms with Crippen LogP contribution in [0.5, 0.6) is 0 Å². The monoisotopic (exact) mass is 299 g/mol. The van der Waals surface area contributed by atoms with Gasteiger partial charge in [0, 0.05) is 6.42 Å². The molecule has 1 fully saturated rings. The Kier molecular flexibility index (Phi) is 4.50. The topological polar surface area (TPSA) is 81.1 Å². The van der Waals surface area contributed by atoms with Crippen LogP contribution in [0, 0.1) is 6.92 Å². The van der Waals surface area contributed by atoms with E-state index in [1.807, 2.05) is 0 Å². The maximum Gasteiger partial charge on any atom is 0.262 e. The van der Waals surface area contributed by atoms with Gasteiger partial charge in [0.15, 0.2) is 0 Å². The molecule has 1 aliphatic rings. The van der Waals surface area contributed by atoms with E-state index in [0.29, 0.717) is 17.1 Å². The highest BCUT2D eigenvalue weighted by atomic mass is 16.2. The summed E-state index contributed by atoms with van der Waals surface area (Å²) in [6, 6.07) is -0.728.